The number of benzene rings is 1. The zero-order valence-corrected chi connectivity index (χ0v) is 15.5. The second kappa shape index (κ2) is 9.34. The number of hydrogen-bond acceptors (Lipinski definition) is 4. The van der Waals surface area contributed by atoms with Crippen LogP contribution < -0.4 is 10.1 Å². The quantitative estimate of drug-likeness (QED) is 0.750. The lowest BCUT2D eigenvalue weighted by Crippen LogP contribution is -2.46. The molecule has 7 nitrogen and oxygen atoms in total. The number of hydrogen-bond donors (Lipinski definition) is 2. The van der Waals surface area contributed by atoms with Gasteiger partial charge < -0.3 is 20.1 Å². The fraction of sp³-hybridized carbons (Fsp3) is 0.526. The molecule has 148 valence electrons. The number of rotatable bonds is 7. The minimum atomic E-state index is -1.28. The molecule has 1 fully saturated rings. The van der Waals surface area contributed by atoms with E-state index in [0.717, 1.165) is 0 Å². The second-order valence-electron chi connectivity index (χ2n) is 6.90. The van der Waals surface area contributed by atoms with Gasteiger partial charge in [-0.1, -0.05) is 13.8 Å². The normalized spacial score (nSPS) is 16.1. The summed E-state index contributed by atoms with van der Waals surface area (Å²) in [6, 6.07) is 4.99. The van der Waals surface area contributed by atoms with E-state index in [1.54, 1.807) is 4.90 Å². The number of ether oxygens (including phenoxy) is 1. The predicted molar refractivity (Wildman–Crippen MR) is 95.6 cm³/mol. The number of halogens is 1. The van der Waals surface area contributed by atoms with Crippen LogP contribution in [0.4, 0.5) is 4.39 Å². The third-order valence-corrected chi connectivity index (χ3v) is 4.50. The van der Waals surface area contributed by atoms with E-state index in [4.69, 9.17) is 4.74 Å². The van der Waals surface area contributed by atoms with Gasteiger partial charge in [0.2, 0.25) is 17.9 Å². The highest BCUT2D eigenvalue weighted by Crippen LogP contribution is 2.19. The highest BCUT2D eigenvalue weighted by atomic mass is 19.1. The summed E-state index contributed by atoms with van der Waals surface area (Å²) in [5, 5.41) is 11.9. The van der Waals surface area contributed by atoms with E-state index in [0.29, 0.717) is 25.9 Å². The molecule has 1 saturated heterocycles. The van der Waals surface area contributed by atoms with Gasteiger partial charge in [-0.3, -0.25) is 9.59 Å². The third-order valence-electron chi connectivity index (χ3n) is 4.50. The van der Waals surface area contributed by atoms with Crippen molar-refractivity contribution in [1.29, 1.82) is 0 Å². The van der Waals surface area contributed by atoms with Crippen LogP contribution in [0, 0.1) is 17.7 Å². The first-order chi connectivity index (χ1) is 12.8. The SMILES string of the molecule is CC(C)C(=O)N1CCC(C(=O)NCC(Oc2ccc(F)cc2)C(=O)O)CC1. The molecule has 1 aromatic carbocycles. The molecule has 0 saturated carbocycles. The molecule has 2 rings (SSSR count). The van der Waals surface area contributed by atoms with Gasteiger partial charge in [0.15, 0.2) is 0 Å². The van der Waals surface area contributed by atoms with Crippen molar-refractivity contribution in [3.8, 4) is 5.75 Å². The van der Waals surface area contributed by atoms with E-state index in [-0.39, 0.29) is 35.9 Å². The zero-order valence-electron chi connectivity index (χ0n) is 15.5. The van der Waals surface area contributed by atoms with Gasteiger partial charge in [0.1, 0.15) is 11.6 Å². The molecule has 0 spiro atoms. The summed E-state index contributed by atoms with van der Waals surface area (Å²) in [6.07, 6.45) is -0.191. The predicted octanol–water partition coefficient (Wildman–Crippen LogP) is 1.67. The lowest BCUT2D eigenvalue weighted by Gasteiger charge is -2.32. The lowest BCUT2D eigenvalue weighted by molar-refractivity contribution is -0.145. The Balaban J connectivity index is 1.83. The Labute approximate surface area is 157 Å². The molecule has 2 amide bonds. The number of nitrogens with zero attached hydrogens (tertiary/aromatic N) is 1. The molecule has 8 heteroatoms. The smallest absolute Gasteiger partial charge is 0.346 e. The molecule has 1 atom stereocenters. The van der Waals surface area contributed by atoms with Crippen molar-refractivity contribution in [3.63, 3.8) is 0 Å². The van der Waals surface area contributed by atoms with Gasteiger partial charge in [-0.2, -0.15) is 0 Å². The number of aliphatic carboxylic acids is 1. The van der Waals surface area contributed by atoms with E-state index in [1.807, 2.05) is 13.8 Å². The van der Waals surface area contributed by atoms with Crippen LogP contribution in [-0.2, 0) is 14.4 Å². The van der Waals surface area contributed by atoms with Crippen LogP contribution in [0.5, 0.6) is 5.75 Å². The fourth-order valence-electron chi connectivity index (χ4n) is 2.92. The molecule has 0 bridgehead atoms. The van der Waals surface area contributed by atoms with Gasteiger partial charge in [0.25, 0.3) is 0 Å². The van der Waals surface area contributed by atoms with Crippen LogP contribution in [0.15, 0.2) is 24.3 Å². The maximum atomic E-state index is 12.9. The first-order valence-electron chi connectivity index (χ1n) is 8.99. The summed E-state index contributed by atoms with van der Waals surface area (Å²) in [6.45, 7) is 4.52. The molecule has 1 heterocycles. The number of carbonyl (C=O) groups excluding carboxylic acids is 2. The highest BCUT2D eigenvalue weighted by Gasteiger charge is 2.29. The summed E-state index contributed by atoms with van der Waals surface area (Å²) in [5.74, 6) is -1.98. The van der Waals surface area contributed by atoms with Gasteiger partial charge >= 0.3 is 5.97 Å². The van der Waals surface area contributed by atoms with Crippen LogP contribution in [0.2, 0.25) is 0 Å². The molecule has 2 N–H and O–H groups in total. The number of likely N-dealkylation sites (tertiary alicyclic amines) is 1. The molecule has 0 aromatic heterocycles. The third kappa shape index (κ3) is 5.94. The minimum Gasteiger partial charge on any atom is -0.478 e. The zero-order chi connectivity index (χ0) is 20.0. The van der Waals surface area contributed by atoms with E-state index in [2.05, 4.69) is 5.32 Å². The average Bonchev–Trinajstić information content (AvgIpc) is 2.65. The standard InChI is InChI=1S/C19H25FN2O5/c1-12(2)18(24)22-9-7-13(8-10-22)17(23)21-11-16(19(25)26)27-15-5-3-14(20)4-6-15/h3-6,12-13,16H,7-11H2,1-2H3,(H,21,23)(H,25,26). The number of carboxylic acids is 1. The van der Waals surface area contributed by atoms with Crippen molar-refractivity contribution < 1.29 is 28.6 Å². The number of carboxylic acid groups (broad SMARTS) is 1. The first kappa shape index (κ1) is 20.7. The van der Waals surface area contributed by atoms with Crippen molar-refractivity contribution >= 4 is 17.8 Å². The van der Waals surface area contributed by atoms with E-state index in [9.17, 15) is 23.9 Å². The summed E-state index contributed by atoms with van der Waals surface area (Å²) in [4.78, 5) is 37.4. The van der Waals surface area contributed by atoms with Crippen molar-refractivity contribution in [2.24, 2.45) is 11.8 Å². The number of amides is 2. The highest BCUT2D eigenvalue weighted by molar-refractivity contribution is 5.81. The van der Waals surface area contributed by atoms with Crippen LogP contribution >= 0.6 is 0 Å². The molecular weight excluding hydrogens is 355 g/mol. The van der Waals surface area contributed by atoms with Crippen molar-refractivity contribution in [1.82, 2.24) is 10.2 Å². The van der Waals surface area contributed by atoms with Gasteiger partial charge in [-0.15, -0.1) is 0 Å². The van der Waals surface area contributed by atoms with E-state index >= 15 is 0 Å². The average molecular weight is 380 g/mol. The van der Waals surface area contributed by atoms with Gasteiger partial charge in [0, 0.05) is 24.9 Å². The van der Waals surface area contributed by atoms with Crippen molar-refractivity contribution in [2.45, 2.75) is 32.8 Å². The molecule has 1 aromatic rings. The van der Waals surface area contributed by atoms with Crippen LogP contribution in [0.25, 0.3) is 0 Å². The Kier molecular flexibility index (Phi) is 7.15. The fourth-order valence-corrected chi connectivity index (χ4v) is 2.92. The Morgan fingerprint density at radius 1 is 1.22 bits per heavy atom. The molecule has 0 aliphatic carbocycles. The Morgan fingerprint density at radius 2 is 1.81 bits per heavy atom. The maximum Gasteiger partial charge on any atom is 0.346 e. The minimum absolute atomic E-state index is 0.0738. The Hall–Kier alpha value is -2.64. The van der Waals surface area contributed by atoms with Crippen LogP contribution in [0.3, 0.4) is 0 Å². The summed E-state index contributed by atoms with van der Waals surface area (Å²) in [5.41, 5.74) is 0. The lowest BCUT2D eigenvalue weighted by atomic mass is 9.95. The number of piperidine rings is 1. The first-order valence-corrected chi connectivity index (χ1v) is 8.99. The second-order valence-corrected chi connectivity index (χ2v) is 6.90. The Bertz CT molecular complexity index is 669. The van der Waals surface area contributed by atoms with Crippen molar-refractivity contribution in [2.75, 3.05) is 19.6 Å². The van der Waals surface area contributed by atoms with Crippen LogP contribution in [0.1, 0.15) is 26.7 Å². The Morgan fingerprint density at radius 3 is 2.33 bits per heavy atom. The summed E-state index contributed by atoms with van der Waals surface area (Å²) in [7, 11) is 0. The largest absolute Gasteiger partial charge is 0.478 e. The van der Waals surface area contributed by atoms with E-state index < -0.39 is 17.9 Å². The molecular formula is C19H25FN2O5. The van der Waals surface area contributed by atoms with Crippen LogP contribution in [-0.4, -0.2) is 53.5 Å². The van der Waals surface area contributed by atoms with Gasteiger partial charge in [0.05, 0.1) is 6.54 Å². The van der Waals surface area contributed by atoms with Gasteiger partial charge in [-0.25, -0.2) is 9.18 Å². The van der Waals surface area contributed by atoms with E-state index in [1.165, 1.54) is 24.3 Å². The number of nitrogens with one attached hydrogen (secondary N) is 1. The molecule has 27 heavy (non-hydrogen) atoms. The summed E-state index contributed by atoms with van der Waals surface area (Å²) >= 11 is 0. The van der Waals surface area contributed by atoms with Crippen molar-refractivity contribution in [3.05, 3.63) is 30.1 Å². The maximum absolute atomic E-state index is 12.9. The molecule has 1 aliphatic rings. The van der Waals surface area contributed by atoms with Gasteiger partial charge in [-0.05, 0) is 37.1 Å². The molecule has 1 aliphatic heterocycles. The summed E-state index contributed by atoms with van der Waals surface area (Å²) < 4.78 is 18.2. The topological polar surface area (TPSA) is 95.9 Å². The molecule has 0 radical (unpaired) electrons. The monoisotopic (exact) mass is 380 g/mol. The molecule has 1 unspecified atom stereocenters. The number of carbonyl (C=O) groups is 3.